The SMILES string of the molecule is Cn1cc(Cl)c(C(=O)NCC2CCCO2)n1. The van der Waals surface area contributed by atoms with Crippen molar-refractivity contribution in [2.24, 2.45) is 7.05 Å². The van der Waals surface area contributed by atoms with E-state index in [0.29, 0.717) is 11.6 Å². The van der Waals surface area contributed by atoms with E-state index in [1.54, 1.807) is 13.2 Å². The van der Waals surface area contributed by atoms with Crippen LogP contribution in [0, 0.1) is 0 Å². The predicted molar refractivity (Wildman–Crippen MR) is 59.5 cm³/mol. The quantitative estimate of drug-likeness (QED) is 0.861. The number of aryl methyl sites for hydroxylation is 1. The van der Waals surface area contributed by atoms with E-state index < -0.39 is 0 Å². The molecule has 0 saturated carbocycles. The van der Waals surface area contributed by atoms with Gasteiger partial charge in [0.15, 0.2) is 5.69 Å². The first-order valence-electron chi connectivity index (χ1n) is 5.26. The molecule has 1 fully saturated rings. The Morgan fingerprint density at radius 2 is 2.62 bits per heavy atom. The molecule has 1 N–H and O–H groups in total. The van der Waals surface area contributed by atoms with Crippen LogP contribution in [0.25, 0.3) is 0 Å². The fourth-order valence-corrected chi connectivity index (χ4v) is 1.97. The summed E-state index contributed by atoms with van der Waals surface area (Å²) >= 11 is 5.86. The number of amides is 1. The predicted octanol–water partition coefficient (Wildman–Crippen LogP) is 0.982. The van der Waals surface area contributed by atoms with Crippen molar-refractivity contribution < 1.29 is 9.53 Å². The maximum atomic E-state index is 11.7. The summed E-state index contributed by atoms with van der Waals surface area (Å²) in [5.41, 5.74) is 0.266. The minimum absolute atomic E-state index is 0.131. The average Bonchev–Trinajstić information content (AvgIpc) is 2.84. The summed E-state index contributed by atoms with van der Waals surface area (Å²) in [5, 5.41) is 7.13. The topological polar surface area (TPSA) is 56.2 Å². The van der Waals surface area contributed by atoms with Gasteiger partial charge in [0.2, 0.25) is 0 Å². The van der Waals surface area contributed by atoms with Crippen molar-refractivity contribution in [1.29, 1.82) is 0 Å². The van der Waals surface area contributed by atoms with Gasteiger partial charge in [0.25, 0.3) is 5.91 Å². The molecule has 1 aliphatic rings. The third kappa shape index (κ3) is 2.54. The van der Waals surface area contributed by atoms with Crippen LogP contribution >= 0.6 is 11.6 Å². The molecule has 0 aliphatic carbocycles. The van der Waals surface area contributed by atoms with Crippen molar-refractivity contribution in [3.63, 3.8) is 0 Å². The van der Waals surface area contributed by atoms with Gasteiger partial charge in [0, 0.05) is 26.4 Å². The second kappa shape index (κ2) is 4.84. The Morgan fingerprint density at radius 1 is 1.81 bits per heavy atom. The van der Waals surface area contributed by atoms with Crippen molar-refractivity contribution >= 4 is 17.5 Å². The highest BCUT2D eigenvalue weighted by molar-refractivity contribution is 6.33. The van der Waals surface area contributed by atoms with E-state index in [-0.39, 0.29) is 17.7 Å². The van der Waals surface area contributed by atoms with Crippen molar-refractivity contribution in [3.8, 4) is 0 Å². The third-order valence-corrected chi connectivity index (χ3v) is 2.79. The van der Waals surface area contributed by atoms with Gasteiger partial charge >= 0.3 is 0 Å². The fourth-order valence-electron chi connectivity index (χ4n) is 1.71. The van der Waals surface area contributed by atoms with E-state index in [2.05, 4.69) is 10.4 Å². The molecule has 16 heavy (non-hydrogen) atoms. The van der Waals surface area contributed by atoms with E-state index in [9.17, 15) is 4.79 Å². The lowest BCUT2D eigenvalue weighted by Gasteiger charge is -2.09. The number of carbonyl (C=O) groups is 1. The summed E-state index contributed by atoms with van der Waals surface area (Å²) < 4.78 is 6.92. The van der Waals surface area contributed by atoms with Crippen LogP contribution in [0.15, 0.2) is 6.20 Å². The van der Waals surface area contributed by atoms with Crippen LogP contribution in [-0.2, 0) is 11.8 Å². The number of hydrogen-bond donors (Lipinski definition) is 1. The van der Waals surface area contributed by atoms with Gasteiger partial charge in [-0.3, -0.25) is 9.48 Å². The highest BCUT2D eigenvalue weighted by Crippen LogP contribution is 2.14. The Hall–Kier alpha value is -1.07. The van der Waals surface area contributed by atoms with Gasteiger partial charge in [0.1, 0.15) is 0 Å². The first kappa shape index (κ1) is 11.4. The van der Waals surface area contributed by atoms with Gasteiger partial charge in [-0.15, -0.1) is 0 Å². The summed E-state index contributed by atoms with van der Waals surface area (Å²) in [6.45, 7) is 1.30. The molecule has 6 heteroatoms. The van der Waals surface area contributed by atoms with Gasteiger partial charge in [-0.2, -0.15) is 5.10 Å². The Kier molecular flexibility index (Phi) is 3.46. The molecule has 1 aromatic heterocycles. The van der Waals surface area contributed by atoms with Crippen LogP contribution in [0.3, 0.4) is 0 Å². The second-order valence-electron chi connectivity index (χ2n) is 3.84. The molecule has 1 atom stereocenters. The molecule has 2 rings (SSSR count). The van der Waals surface area contributed by atoms with Crippen LogP contribution in [0.4, 0.5) is 0 Å². The van der Waals surface area contributed by atoms with Crippen molar-refractivity contribution in [2.45, 2.75) is 18.9 Å². The van der Waals surface area contributed by atoms with E-state index in [1.165, 1.54) is 4.68 Å². The lowest BCUT2D eigenvalue weighted by molar-refractivity contribution is 0.0853. The smallest absolute Gasteiger partial charge is 0.273 e. The maximum Gasteiger partial charge on any atom is 0.273 e. The molecule has 0 bridgehead atoms. The summed E-state index contributed by atoms with van der Waals surface area (Å²) in [7, 11) is 1.72. The van der Waals surface area contributed by atoms with E-state index in [1.807, 2.05) is 0 Å². The van der Waals surface area contributed by atoms with Crippen LogP contribution in [-0.4, -0.2) is 34.9 Å². The molecule has 88 valence electrons. The van der Waals surface area contributed by atoms with E-state index in [0.717, 1.165) is 19.4 Å². The molecule has 1 unspecified atom stereocenters. The summed E-state index contributed by atoms with van der Waals surface area (Å²) in [5.74, 6) is -0.249. The Morgan fingerprint density at radius 3 is 3.19 bits per heavy atom. The molecule has 2 heterocycles. The third-order valence-electron chi connectivity index (χ3n) is 2.51. The highest BCUT2D eigenvalue weighted by Gasteiger charge is 2.19. The molecule has 0 spiro atoms. The zero-order valence-electron chi connectivity index (χ0n) is 9.07. The number of nitrogens with one attached hydrogen (secondary N) is 1. The zero-order chi connectivity index (χ0) is 11.5. The summed E-state index contributed by atoms with van der Waals surface area (Å²) in [6, 6.07) is 0. The summed E-state index contributed by atoms with van der Waals surface area (Å²) in [6.07, 6.45) is 3.79. The molecular formula is C10H14ClN3O2. The number of carbonyl (C=O) groups excluding carboxylic acids is 1. The van der Waals surface area contributed by atoms with E-state index >= 15 is 0 Å². The van der Waals surface area contributed by atoms with Gasteiger partial charge in [-0.1, -0.05) is 11.6 Å². The first-order chi connectivity index (χ1) is 7.66. The van der Waals surface area contributed by atoms with Crippen LogP contribution < -0.4 is 5.32 Å². The average molecular weight is 244 g/mol. The van der Waals surface area contributed by atoms with Crippen LogP contribution in [0.1, 0.15) is 23.3 Å². The molecule has 0 aromatic carbocycles. The first-order valence-corrected chi connectivity index (χ1v) is 5.63. The Balaban J connectivity index is 1.90. The second-order valence-corrected chi connectivity index (χ2v) is 4.25. The minimum Gasteiger partial charge on any atom is -0.376 e. The molecule has 0 radical (unpaired) electrons. The molecule has 1 aliphatic heterocycles. The van der Waals surface area contributed by atoms with Gasteiger partial charge in [0.05, 0.1) is 11.1 Å². The van der Waals surface area contributed by atoms with Crippen molar-refractivity contribution in [2.75, 3.05) is 13.2 Å². The number of rotatable bonds is 3. The molecule has 5 nitrogen and oxygen atoms in total. The number of aromatic nitrogens is 2. The number of halogens is 1. The molecular weight excluding hydrogens is 230 g/mol. The van der Waals surface area contributed by atoms with E-state index in [4.69, 9.17) is 16.3 Å². The number of hydrogen-bond acceptors (Lipinski definition) is 3. The van der Waals surface area contributed by atoms with Crippen LogP contribution in [0.2, 0.25) is 5.02 Å². The lowest BCUT2D eigenvalue weighted by Crippen LogP contribution is -2.32. The molecule has 1 saturated heterocycles. The number of ether oxygens (including phenoxy) is 1. The van der Waals surface area contributed by atoms with Gasteiger partial charge in [-0.25, -0.2) is 0 Å². The van der Waals surface area contributed by atoms with Crippen LogP contribution in [0.5, 0.6) is 0 Å². The fraction of sp³-hybridized carbons (Fsp3) is 0.600. The van der Waals surface area contributed by atoms with Gasteiger partial charge < -0.3 is 10.1 Å². The molecule has 1 aromatic rings. The molecule has 1 amide bonds. The van der Waals surface area contributed by atoms with Crippen molar-refractivity contribution in [3.05, 3.63) is 16.9 Å². The Labute approximate surface area is 98.7 Å². The normalized spacial score (nSPS) is 20.0. The summed E-state index contributed by atoms with van der Waals surface area (Å²) in [4.78, 5) is 11.7. The number of nitrogens with zero attached hydrogens (tertiary/aromatic N) is 2. The lowest BCUT2D eigenvalue weighted by atomic mass is 10.2. The maximum absolute atomic E-state index is 11.7. The zero-order valence-corrected chi connectivity index (χ0v) is 9.83. The standard InChI is InChI=1S/C10H14ClN3O2/c1-14-6-8(11)9(13-14)10(15)12-5-7-3-2-4-16-7/h6-7H,2-5H2,1H3,(H,12,15). The highest BCUT2D eigenvalue weighted by atomic mass is 35.5. The minimum atomic E-state index is -0.249. The Bertz CT molecular complexity index is 385. The van der Waals surface area contributed by atoms with Gasteiger partial charge in [-0.05, 0) is 12.8 Å². The largest absolute Gasteiger partial charge is 0.376 e. The van der Waals surface area contributed by atoms with Crippen molar-refractivity contribution in [1.82, 2.24) is 15.1 Å². The monoisotopic (exact) mass is 243 g/mol.